The molecular weight excluding hydrogens is 200 g/mol. The zero-order valence-electron chi connectivity index (χ0n) is 33.3. The molecule has 0 heterocycles. The Bertz CT molecular complexity index is 929. The van der Waals surface area contributed by atoms with Gasteiger partial charge in [-0.15, -0.1) is 0 Å². The first kappa shape index (κ1) is 2.22. The molecule has 2 nitrogen and oxygen atoms in total. The van der Waals surface area contributed by atoms with E-state index in [1.807, 2.05) is 0 Å². The summed E-state index contributed by atoms with van der Waals surface area (Å²) >= 11 is 0. The molecule has 1 N–H and O–H groups in total. The average Bonchev–Trinajstić information content (AvgIpc) is 2.75. The van der Waals surface area contributed by atoms with Gasteiger partial charge in [0.25, 0.3) is 0 Å². The van der Waals surface area contributed by atoms with Gasteiger partial charge in [0.2, 0.25) is 0 Å². The molecule has 0 aromatic rings. The van der Waals surface area contributed by atoms with Crippen molar-refractivity contribution in [3.8, 4) is 0 Å². The van der Waals surface area contributed by atoms with E-state index in [9.17, 15) is 0 Å². The van der Waals surface area contributed by atoms with E-state index in [1.165, 1.54) is 0 Å². The molecule has 16 heavy (non-hydrogen) atoms. The van der Waals surface area contributed by atoms with Crippen molar-refractivity contribution in [1.29, 1.82) is 0 Å². The third-order valence-corrected chi connectivity index (χ3v) is 0.879. The Morgan fingerprint density at radius 2 is 1.50 bits per heavy atom. The number of hydrogen-bond donors (Lipinski definition) is 1. The van der Waals surface area contributed by atoms with Gasteiger partial charge in [-0.1, -0.05) is 64.2 Å². The van der Waals surface area contributed by atoms with Crippen LogP contribution in [0.2, 0.25) is 0 Å². The highest BCUT2D eigenvalue weighted by Gasteiger charge is 1.92. The van der Waals surface area contributed by atoms with Crippen LogP contribution in [0.1, 0.15) is 105 Å². The van der Waals surface area contributed by atoms with E-state index >= 15 is 0 Å². The van der Waals surface area contributed by atoms with Crippen LogP contribution in [0.4, 0.5) is 0 Å². The van der Waals surface area contributed by atoms with Crippen LogP contribution in [0.3, 0.4) is 0 Å². The second kappa shape index (κ2) is 14.9. The molecule has 0 unspecified atom stereocenters. The third-order valence-electron chi connectivity index (χ3n) is 0.879. The summed E-state index contributed by atoms with van der Waals surface area (Å²) in [6.07, 6.45) is -46.2. The van der Waals surface area contributed by atoms with Gasteiger partial charge >= 0.3 is 0 Å². The highest BCUT2D eigenvalue weighted by Crippen LogP contribution is 2.10. The van der Waals surface area contributed by atoms with Crippen molar-refractivity contribution in [2.24, 2.45) is 0 Å². The Labute approximate surface area is 137 Å². The first-order chi connectivity index (χ1) is 17.3. The largest absolute Gasteiger partial charge is 0.394 e. The minimum absolute atomic E-state index is 0.931. The fraction of sp³-hybridized carbons (Fsp3) is 1.00. The molecule has 0 atom stereocenters. The quantitative estimate of drug-likeness (QED) is 0.540. The molecule has 0 saturated carbocycles. The van der Waals surface area contributed by atoms with Crippen molar-refractivity contribution in [1.82, 2.24) is 0 Å². The molecule has 0 rings (SSSR count). The van der Waals surface area contributed by atoms with Crippen LogP contribution in [0.15, 0.2) is 0 Å². The molecule has 0 aliphatic rings. The fourth-order valence-electron chi connectivity index (χ4n) is 0.408. The van der Waals surface area contributed by atoms with Crippen LogP contribution >= 0.6 is 0 Å². The maximum absolute atomic E-state index is 8.80. The van der Waals surface area contributed by atoms with Gasteiger partial charge in [-0.25, -0.2) is 0 Å². The van der Waals surface area contributed by atoms with E-state index in [1.54, 1.807) is 0 Å². The zero-order valence-corrected chi connectivity index (χ0v) is 8.27. The minimum atomic E-state index is -4.83. The highest BCUT2D eigenvalue weighted by atomic mass is 16.5. The second-order valence-electron chi connectivity index (χ2n) is 1.92. The smallest absolute Gasteiger partial charge is 0.0697 e. The van der Waals surface area contributed by atoms with Crippen molar-refractivity contribution in [2.45, 2.75) is 70.6 Å². The number of aliphatic hydroxyl groups excluding tert-OH is 1. The number of aliphatic hydroxyl groups is 1. The van der Waals surface area contributed by atoms with Crippen molar-refractivity contribution in [3.63, 3.8) is 0 Å². The molecule has 0 radical (unpaired) electrons. The maximum Gasteiger partial charge on any atom is 0.0697 e. The van der Waals surface area contributed by atoms with Crippen molar-refractivity contribution in [3.05, 3.63) is 0 Å². The standard InChI is InChI=1S/C14H30O2/c1-2-3-4-5-6-7-8-9-10-11-13-16-14-12-15/h15H,2-14H2,1H3/i1D3,2D2,3D2,4D2,5D2,6D2,7D2,8D2,9D2,10D2,11D2,13D2. The molecular formula is C14H30O2. The van der Waals surface area contributed by atoms with Gasteiger partial charge in [0.1, 0.15) is 0 Å². The number of rotatable bonds is 13. The molecule has 0 fully saturated rings. The molecule has 0 aromatic carbocycles. The van der Waals surface area contributed by atoms with Gasteiger partial charge in [-0.3, -0.25) is 0 Å². The van der Waals surface area contributed by atoms with Crippen LogP contribution < -0.4 is 0 Å². The molecule has 0 amide bonds. The molecule has 0 aliphatic heterocycles. The van der Waals surface area contributed by atoms with Gasteiger partial charge in [0, 0.05) is 38.1 Å². The van der Waals surface area contributed by atoms with Crippen molar-refractivity contribution >= 4 is 0 Å². The van der Waals surface area contributed by atoms with Crippen LogP contribution in [-0.2, 0) is 4.74 Å². The first-order valence-corrected chi connectivity index (χ1v) is 4.06. The maximum atomic E-state index is 8.80. The van der Waals surface area contributed by atoms with Crippen LogP contribution in [0, 0.1) is 0 Å². The Hall–Kier alpha value is -0.0800. The Balaban J connectivity index is 7.26. The van der Waals surface area contributed by atoms with Crippen molar-refractivity contribution in [2.75, 3.05) is 19.8 Å². The monoisotopic (exact) mass is 255 g/mol. The highest BCUT2D eigenvalue weighted by molar-refractivity contribution is 4.47. The van der Waals surface area contributed by atoms with E-state index < -0.39 is 90.4 Å². The predicted molar refractivity (Wildman–Crippen MR) is 69.7 cm³/mol. The van der Waals surface area contributed by atoms with Gasteiger partial charge in [-0.2, -0.15) is 0 Å². The second-order valence-corrected chi connectivity index (χ2v) is 1.92. The molecule has 0 bridgehead atoms. The van der Waals surface area contributed by atoms with Gasteiger partial charge in [0.05, 0.1) is 16.0 Å². The summed E-state index contributed by atoms with van der Waals surface area (Å²) in [6.45, 7) is -9.75. The number of ether oxygens (including phenoxy) is 1. The summed E-state index contributed by atoms with van der Waals surface area (Å²) in [7, 11) is 0. The van der Waals surface area contributed by atoms with Gasteiger partial charge < -0.3 is 9.84 Å². The molecule has 0 aromatic heterocycles. The van der Waals surface area contributed by atoms with E-state index in [-0.39, 0.29) is 0 Å². The Kier molecular flexibility index (Phi) is 2.07. The summed E-state index contributed by atoms with van der Waals surface area (Å²) in [4.78, 5) is 0. The van der Waals surface area contributed by atoms with E-state index in [0.29, 0.717) is 0 Å². The van der Waals surface area contributed by atoms with Gasteiger partial charge in [-0.05, 0) is 6.37 Å². The molecule has 98 valence electrons. The lowest BCUT2D eigenvalue weighted by atomic mass is 10.1. The first-order valence-electron chi connectivity index (χ1n) is 16.6. The number of hydrogen-bond acceptors (Lipinski definition) is 2. The van der Waals surface area contributed by atoms with Crippen LogP contribution in [-0.4, -0.2) is 24.9 Å². The summed E-state index contributed by atoms with van der Waals surface area (Å²) in [6, 6.07) is 0. The fourth-order valence-corrected chi connectivity index (χ4v) is 0.408. The van der Waals surface area contributed by atoms with Crippen LogP contribution in [0.25, 0.3) is 0 Å². The molecule has 0 spiro atoms. The summed E-state index contributed by atoms with van der Waals surface area (Å²) < 4.78 is 200. The lowest BCUT2D eigenvalue weighted by Gasteiger charge is -2.03. The molecule has 2 heteroatoms. The lowest BCUT2D eigenvalue weighted by molar-refractivity contribution is 0.0895. The lowest BCUT2D eigenvalue weighted by Crippen LogP contribution is -2.00. The van der Waals surface area contributed by atoms with E-state index in [0.717, 1.165) is 0 Å². The SMILES string of the molecule is [2H]C([2H])([2H])C([2H])([2H])C([2H])([2H])C([2H])([2H])C([2H])([2H])C([2H])([2H])C([2H])([2H])C([2H])([2H])C([2H])([2H])C([2H])([2H])C([2H])([2H])C([2H])([2H])OCCO. The predicted octanol–water partition coefficient (Wildman–Crippen LogP) is 3.92. The van der Waals surface area contributed by atoms with Crippen LogP contribution in [0.5, 0.6) is 0 Å². The van der Waals surface area contributed by atoms with Crippen molar-refractivity contribution < 1.29 is 44.1 Å². The minimum Gasteiger partial charge on any atom is -0.394 e. The molecule has 0 aliphatic carbocycles. The summed E-state index contributed by atoms with van der Waals surface area (Å²) in [5, 5.41) is 8.80. The summed E-state index contributed by atoms with van der Waals surface area (Å²) in [5.74, 6) is 0. The Morgan fingerprint density at radius 1 is 0.938 bits per heavy atom. The average molecular weight is 256 g/mol. The molecule has 0 saturated heterocycles. The van der Waals surface area contributed by atoms with E-state index in [4.69, 9.17) is 39.4 Å². The summed E-state index contributed by atoms with van der Waals surface area (Å²) in [5.41, 5.74) is 0. The van der Waals surface area contributed by atoms with Gasteiger partial charge in [0.15, 0.2) is 0 Å². The zero-order chi connectivity index (χ0) is 34.1. The normalized spacial score (nSPS) is 44.7. The Morgan fingerprint density at radius 3 is 2.06 bits per heavy atom. The third kappa shape index (κ3) is 13.9. The van der Waals surface area contributed by atoms with E-state index in [2.05, 4.69) is 4.74 Å². The topological polar surface area (TPSA) is 29.5 Å².